The summed E-state index contributed by atoms with van der Waals surface area (Å²) in [6.45, 7) is 6.00. The number of para-hydroxylation sites is 1. The molecule has 1 aromatic rings. The Morgan fingerprint density at radius 2 is 1.93 bits per heavy atom. The van der Waals surface area contributed by atoms with E-state index in [0.717, 1.165) is 63.3 Å². The van der Waals surface area contributed by atoms with Crippen molar-refractivity contribution in [2.45, 2.75) is 64.3 Å². The summed E-state index contributed by atoms with van der Waals surface area (Å²) in [5.41, 5.74) is 1.12. The van der Waals surface area contributed by atoms with E-state index in [1.54, 1.807) is 0 Å². The zero-order chi connectivity index (χ0) is 18.7. The van der Waals surface area contributed by atoms with Gasteiger partial charge in [0.05, 0.1) is 11.5 Å². The number of hydrogen-bond donors (Lipinski definition) is 1. The van der Waals surface area contributed by atoms with Gasteiger partial charge in [0.2, 0.25) is 5.91 Å². The lowest BCUT2D eigenvalue weighted by Crippen LogP contribution is -2.52. The summed E-state index contributed by atoms with van der Waals surface area (Å²) in [6, 6.07) is 8.38. The predicted octanol–water partition coefficient (Wildman–Crippen LogP) is 3.79. The van der Waals surface area contributed by atoms with Gasteiger partial charge in [-0.1, -0.05) is 24.6 Å². The number of aryl methyl sites for hydroxylation is 1. The van der Waals surface area contributed by atoms with Crippen molar-refractivity contribution in [3.63, 3.8) is 0 Å². The molecule has 1 aromatic carbocycles. The summed E-state index contributed by atoms with van der Waals surface area (Å²) in [5, 5.41) is 3.27. The SMILES string of the molecule is C[C@@H]1COc2ccccc2CCCCC2(CCN(CC3CC3)CC2)C(=O)N1. The van der Waals surface area contributed by atoms with Crippen LogP contribution in [0.4, 0.5) is 0 Å². The third-order valence-electron chi connectivity index (χ3n) is 6.70. The molecule has 0 unspecified atom stereocenters. The number of piperidine rings is 1. The molecule has 0 aromatic heterocycles. The topological polar surface area (TPSA) is 41.6 Å². The average Bonchev–Trinajstić information content (AvgIpc) is 3.49. The molecule has 2 heterocycles. The number of hydrogen-bond acceptors (Lipinski definition) is 3. The fourth-order valence-electron chi connectivity index (χ4n) is 4.68. The summed E-state index contributed by atoms with van der Waals surface area (Å²) in [4.78, 5) is 15.8. The van der Waals surface area contributed by atoms with Gasteiger partial charge in [-0.15, -0.1) is 0 Å². The molecule has 1 aliphatic carbocycles. The van der Waals surface area contributed by atoms with Crippen LogP contribution in [0.3, 0.4) is 0 Å². The highest BCUT2D eigenvalue weighted by Gasteiger charge is 2.42. The Kier molecular flexibility index (Phi) is 5.72. The second-order valence-electron chi connectivity index (χ2n) is 9.02. The quantitative estimate of drug-likeness (QED) is 0.861. The Labute approximate surface area is 163 Å². The molecule has 1 amide bonds. The first-order valence-electron chi connectivity index (χ1n) is 10.9. The summed E-state index contributed by atoms with van der Waals surface area (Å²) in [5.74, 6) is 2.17. The van der Waals surface area contributed by atoms with Gasteiger partial charge in [-0.2, -0.15) is 0 Å². The van der Waals surface area contributed by atoms with Crippen molar-refractivity contribution in [1.29, 1.82) is 0 Å². The number of benzene rings is 1. The second kappa shape index (κ2) is 8.22. The van der Waals surface area contributed by atoms with E-state index in [9.17, 15) is 4.79 Å². The molecule has 2 aliphatic heterocycles. The maximum absolute atomic E-state index is 13.2. The van der Waals surface area contributed by atoms with Gasteiger partial charge in [0, 0.05) is 6.54 Å². The highest BCUT2D eigenvalue weighted by molar-refractivity contribution is 5.83. The predicted molar refractivity (Wildman–Crippen MR) is 108 cm³/mol. The van der Waals surface area contributed by atoms with Crippen LogP contribution in [0.5, 0.6) is 5.75 Å². The molecule has 1 spiro atoms. The van der Waals surface area contributed by atoms with Crippen LogP contribution in [0.15, 0.2) is 24.3 Å². The molecular weight excluding hydrogens is 336 g/mol. The Bertz CT molecular complexity index is 648. The molecule has 1 saturated carbocycles. The van der Waals surface area contributed by atoms with Gasteiger partial charge < -0.3 is 15.0 Å². The number of amides is 1. The second-order valence-corrected chi connectivity index (χ2v) is 9.02. The Hall–Kier alpha value is -1.55. The zero-order valence-corrected chi connectivity index (χ0v) is 16.7. The maximum Gasteiger partial charge on any atom is 0.226 e. The van der Waals surface area contributed by atoms with Crippen LogP contribution >= 0.6 is 0 Å². The first-order valence-corrected chi connectivity index (χ1v) is 10.9. The van der Waals surface area contributed by atoms with E-state index in [2.05, 4.69) is 29.3 Å². The fourth-order valence-corrected chi connectivity index (χ4v) is 4.68. The molecule has 4 heteroatoms. The number of fused-ring (bicyclic) bond motifs is 1. The van der Waals surface area contributed by atoms with Gasteiger partial charge in [0.25, 0.3) is 0 Å². The van der Waals surface area contributed by atoms with E-state index >= 15 is 0 Å². The molecule has 0 bridgehead atoms. The maximum atomic E-state index is 13.2. The highest BCUT2D eigenvalue weighted by atomic mass is 16.5. The minimum absolute atomic E-state index is 0.0337. The normalized spacial score (nSPS) is 27.0. The van der Waals surface area contributed by atoms with E-state index in [4.69, 9.17) is 4.74 Å². The number of carbonyl (C=O) groups excluding carboxylic acids is 1. The Balaban J connectivity index is 1.43. The standard InChI is InChI=1S/C23H34N2O2/c1-18-17-27-21-8-3-2-6-20(21)7-4-5-11-23(22(26)24-18)12-14-25(15-13-23)16-19-9-10-19/h2-3,6,8,18-19H,4-5,7,9-17H2,1H3,(H,24,26)/t18-/m1/s1. The van der Waals surface area contributed by atoms with Crippen LogP contribution in [0.25, 0.3) is 0 Å². The van der Waals surface area contributed by atoms with Gasteiger partial charge in [-0.25, -0.2) is 0 Å². The fraction of sp³-hybridized carbons (Fsp3) is 0.696. The van der Waals surface area contributed by atoms with Crippen molar-refractivity contribution in [2.24, 2.45) is 11.3 Å². The van der Waals surface area contributed by atoms with Crippen molar-refractivity contribution in [1.82, 2.24) is 10.2 Å². The summed E-state index contributed by atoms with van der Waals surface area (Å²) in [6.07, 6.45) is 9.12. The van der Waals surface area contributed by atoms with E-state index in [1.165, 1.54) is 24.9 Å². The third kappa shape index (κ3) is 4.66. The monoisotopic (exact) mass is 370 g/mol. The molecule has 1 saturated heterocycles. The summed E-state index contributed by atoms with van der Waals surface area (Å²) >= 11 is 0. The molecule has 148 valence electrons. The lowest BCUT2D eigenvalue weighted by atomic mass is 9.73. The van der Waals surface area contributed by atoms with Crippen LogP contribution in [0.1, 0.15) is 57.4 Å². The molecule has 27 heavy (non-hydrogen) atoms. The lowest BCUT2D eigenvalue weighted by molar-refractivity contribution is -0.135. The van der Waals surface area contributed by atoms with Crippen molar-refractivity contribution < 1.29 is 9.53 Å². The smallest absolute Gasteiger partial charge is 0.226 e. The number of rotatable bonds is 2. The molecule has 1 atom stereocenters. The zero-order valence-electron chi connectivity index (χ0n) is 16.7. The van der Waals surface area contributed by atoms with E-state index < -0.39 is 0 Å². The third-order valence-corrected chi connectivity index (χ3v) is 6.70. The van der Waals surface area contributed by atoms with Gasteiger partial charge in [0.1, 0.15) is 12.4 Å². The number of nitrogens with one attached hydrogen (secondary N) is 1. The van der Waals surface area contributed by atoms with Gasteiger partial charge in [0.15, 0.2) is 0 Å². The first kappa shape index (κ1) is 18.8. The molecule has 4 rings (SSSR count). The van der Waals surface area contributed by atoms with Gasteiger partial charge >= 0.3 is 0 Å². The van der Waals surface area contributed by atoms with Crippen LogP contribution in [-0.4, -0.2) is 43.1 Å². The molecular formula is C23H34N2O2. The van der Waals surface area contributed by atoms with Crippen molar-refractivity contribution in [3.8, 4) is 5.75 Å². The first-order chi connectivity index (χ1) is 13.1. The number of carbonyl (C=O) groups is 1. The summed E-state index contributed by atoms with van der Waals surface area (Å²) < 4.78 is 6.04. The molecule has 1 N–H and O–H groups in total. The van der Waals surface area contributed by atoms with E-state index in [1.807, 2.05) is 12.1 Å². The molecule has 0 radical (unpaired) electrons. The van der Waals surface area contributed by atoms with Crippen molar-refractivity contribution >= 4 is 5.91 Å². The molecule has 3 aliphatic rings. The Morgan fingerprint density at radius 1 is 1.15 bits per heavy atom. The van der Waals surface area contributed by atoms with E-state index in [0.29, 0.717) is 6.61 Å². The largest absolute Gasteiger partial charge is 0.491 e. The van der Waals surface area contributed by atoms with Crippen molar-refractivity contribution in [3.05, 3.63) is 29.8 Å². The van der Waals surface area contributed by atoms with Gasteiger partial charge in [-0.3, -0.25) is 4.79 Å². The van der Waals surface area contributed by atoms with Crippen LogP contribution in [0.2, 0.25) is 0 Å². The summed E-state index contributed by atoms with van der Waals surface area (Å²) in [7, 11) is 0. The van der Waals surface area contributed by atoms with Crippen LogP contribution in [-0.2, 0) is 11.2 Å². The highest BCUT2D eigenvalue weighted by Crippen LogP contribution is 2.39. The van der Waals surface area contributed by atoms with Crippen molar-refractivity contribution in [2.75, 3.05) is 26.2 Å². The molecule has 4 nitrogen and oxygen atoms in total. The molecule has 2 fully saturated rings. The number of nitrogens with zero attached hydrogens (tertiary/aromatic N) is 1. The minimum atomic E-state index is -0.174. The number of likely N-dealkylation sites (tertiary alicyclic amines) is 1. The minimum Gasteiger partial charge on any atom is -0.491 e. The van der Waals surface area contributed by atoms with Crippen LogP contribution in [0, 0.1) is 11.3 Å². The lowest BCUT2D eigenvalue weighted by Gasteiger charge is -2.41. The average molecular weight is 371 g/mol. The Morgan fingerprint density at radius 3 is 2.70 bits per heavy atom. The van der Waals surface area contributed by atoms with E-state index in [-0.39, 0.29) is 17.4 Å². The van der Waals surface area contributed by atoms with Crippen LogP contribution < -0.4 is 10.1 Å². The number of ether oxygens (including phenoxy) is 1. The van der Waals surface area contributed by atoms with Gasteiger partial charge in [-0.05, 0) is 82.5 Å².